The van der Waals surface area contributed by atoms with E-state index in [0.29, 0.717) is 0 Å². The van der Waals surface area contributed by atoms with E-state index >= 15 is 0 Å². The van der Waals surface area contributed by atoms with E-state index in [1.165, 1.54) is 17.8 Å². The van der Waals surface area contributed by atoms with Crippen molar-refractivity contribution in [2.45, 2.75) is 31.7 Å². The molecular weight excluding hydrogens is 279 g/mol. The van der Waals surface area contributed by atoms with Gasteiger partial charge in [-0.25, -0.2) is 0 Å². The van der Waals surface area contributed by atoms with Crippen molar-refractivity contribution in [3.8, 4) is 0 Å². The molecular formula is C16H16F3NO. The first-order chi connectivity index (χ1) is 9.91. The fourth-order valence-electron chi connectivity index (χ4n) is 2.66. The average molecular weight is 295 g/mol. The highest BCUT2D eigenvalue weighted by Crippen LogP contribution is 2.51. The lowest BCUT2D eigenvalue weighted by molar-refractivity contribution is -0.137. The van der Waals surface area contributed by atoms with Gasteiger partial charge >= 0.3 is 6.18 Å². The Kier molecular flexibility index (Phi) is 3.32. The first kappa shape index (κ1) is 14.2. The van der Waals surface area contributed by atoms with Crippen molar-refractivity contribution in [1.29, 1.82) is 0 Å². The second-order valence-electron chi connectivity index (χ2n) is 5.26. The zero-order valence-corrected chi connectivity index (χ0v) is 11.8. The summed E-state index contributed by atoms with van der Waals surface area (Å²) in [6, 6.07) is 9.29. The van der Waals surface area contributed by atoms with Gasteiger partial charge in [-0.2, -0.15) is 13.2 Å². The van der Waals surface area contributed by atoms with E-state index in [0.717, 1.165) is 29.8 Å². The highest BCUT2D eigenvalue weighted by atomic mass is 19.4. The number of hydrogen-bond donors (Lipinski definition) is 0. The monoisotopic (exact) mass is 295 g/mol. The molecule has 0 spiro atoms. The summed E-state index contributed by atoms with van der Waals surface area (Å²) in [5.41, 5.74) is 2.44. The third-order valence-corrected chi connectivity index (χ3v) is 3.98. The van der Waals surface area contributed by atoms with Crippen LogP contribution in [0.4, 0.5) is 13.2 Å². The highest BCUT2D eigenvalue weighted by molar-refractivity contribution is 5.32. The van der Waals surface area contributed by atoms with Crippen LogP contribution in [0.25, 0.3) is 0 Å². The molecule has 1 saturated heterocycles. The first-order valence-electron chi connectivity index (χ1n) is 6.89. The Hall–Kier alpha value is -1.75. The molecule has 0 bridgehead atoms. The zero-order valence-electron chi connectivity index (χ0n) is 11.8. The average Bonchev–Trinajstić information content (AvgIpc) is 3.15. The van der Waals surface area contributed by atoms with Crippen molar-refractivity contribution in [2.75, 3.05) is 0 Å². The van der Waals surface area contributed by atoms with Crippen molar-refractivity contribution < 1.29 is 17.9 Å². The largest absolute Gasteiger partial charge is 0.416 e. The SMILES string of the molecule is CCc1ccc(C2OC2c2ccc(C(F)(F)F)cc2)n1C. The lowest BCUT2D eigenvalue weighted by Crippen LogP contribution is -2.04. The molecule has 1 aromatic heterocycles. The quantitative estimate of drug-likeness (QED) is 0.766. The predicted molar refractivity (Wildman–Crippen MR) is 72.8 cm³/mol. The molecule has 5 heteroatoms. The minimum atomic E-state index is -4.30. The van der Waals surface area contributed by atoms with E-state index < -0.39 is 11.7 Å². The number of ether oxygens (including phenoxy) is 1. The van der Waals surface area contributed by atoms with E-state index in [2.05, 4.69) is 17.6 Å². The van der Waals surface area contributed by atoms with E-state index in [1.807, 2.05) is 13.1 Å². The van der Waals surface area contributed by atoms with Gasteiger partial charge in [-0.15, -0.1) is 0 Å². The molecule has 2 atom stereocenters. The highest BCUT2D eigenvalue weighted by Gasteiger charge is 2.43. The van der Waals surface area contributed by atoms with Gasteiger partial charge in [-0.3, -0.25) is 0 Å². The lowest BCUT2D eigenvalue weighted by atomic mass is 10.1. The molecule has 2 unspecified atom stereocenters. The Morgan fingerprint density at radius 3 is 2.24 bits per heavy atom. The summed E-state index contributed by atoms with van der Waals surface area (Å²) in [6.07, 6.45) is -3.57. The van der Waals surface area contributed by atoms with Gasteiger partial charge in [0.05, 0.1) is 5.56 Å². The van der Waals surface area contributed by atoms with Crippen molar-refractivity contribution in [3.05, 3.63) is 58.9 Å². The molecule has 0 N–H and O–H groups in total. The van der Waals surface area contributed by atoms with Gasteiger partial charge in [0.1, 0.15) is 12.2 Å². The van der Waals surface area contributed by atoms with Crippen LogP contribution in [0.5, 0.6) is 0 Å². The number of aromatic nitrogens is 1. The molecule has 2 nitrogen and oxygen atoms in total. The number of nitrogens with zero attached hydrogens (tertiary/aromatic N) is 1. The number of alkyl halides is 3. The smallest absolute Gasteiger partial charge is 0.358 e. The predicted octanol–water partition coefficient (Wildman–Crippen LogP) is 4.42. The summed E-state index contributed by atoms with van der Waals surface area (Å²) in [7, 11) is 1.99. The Morgan fingerprint density at radius 1 is 1.05 bits per heavy atom. The number of benzene rings is 1. The minimum Gasteiger partial charge on any atom is -0.358 e. The van der Waals surface area contributed by atoms with Crippen LogP contribution in [0.15, 0.2) is 36.4 Å². The molecule has 112 valence electrons. The molecule has 0 aliphatic carbocycles. The van der Waals surface area contributed by atoms with Crippen LogP contribution in [0.3, 0.4) is 0 Å². The zero-order chi connectivity index (χ0) is 15.2. The van der Waals surface area contributed by atoms with Crippen LogP contribution in [0.1, 0.15) is 41.6 Å². The standard InChI is InChI=1S/C16H16F3NO/c1-3-12-8-9-13(20(12)2)15-14(21-15)10-4-6-11(7-5-10)16(17,18)19/h4-9,14-15H,3H2,1-2H3. The van der Waals surface area contributed by atoms with E-state index in [1.54, 1.807) is 0 Å². The second-order valence-corrected chi connectivity index (χ2v) is 5.26. The molecule has 3 rings (SSSR count). The normalized spacial score (nSPS) is 21.6. The molecule has 21 heavy (non-hydrogen) atoms. The molecule has 1 aliphatic heterocycles. The molecule has 0 amide bonds. The number of aryl methyl sites for hydroxylation is 1. The van der Waals surface area contributed by atoms with Gasteiger partial charge in [0.15, 0.2) is 0 Å². The van der Waals surface area contributed by atoms with E-state index in [4.69, 9.17) is 4.74 Å². The second kappa shape index (κ2) is 4.91. The van der Waals surface area contributed by atoms with Gasteiger partial charge in [0, 0.05) is 18.4 Å². The molecule has 0 radical (unpaired) electrons. The molecule has 0 saturated carbocycles. The topological polar surface area (TPSA) is 17.5 Å². The van der Waals surface area contributed by atoms with Gasteiger partial charge in [-0.1, -0.05) is 19.1 Å². The fourth-order valence-corrected chi connectivity index (χ4v) is 2.66. The maximum absolute atomic E-state index is 12.5. The molecule has 1 fully saturated rings. The Balaban J connectivity index is 1.77. The van der Waals surface area contributed by atoms with E-state index in [9.17, 15) is 13.2 Å². The van der Waals surface area contributed by atoms with Gasteiger partial charge in [0.25, 0.3) is 0 Å². The number of epoxide rings is 1. The van der Waals surface area contributed by atoms with Gasteiger partial charge in [0.2, 0.25) is 0 Å². The molecule has 2 heterocycles. The summed E-state index contributed by atoms with van der Waals surface area (Å²) < 4.78 is 45.4. The van der Waals surface area contributed by atoms with Crippen LogP contribution in [-0.4, -0.2) is 4.57 Å². The summed E-state index contributed by atoms with van der Waals surface area (Å²) >= 11 is 0. The van der Waals surface area contributed by atoms with Crippen LogP contribution in [-0.2, 0) is 24.4 Å². The van der Waals surface area contributed by atoms with Crippen LogP contribution < -0.4 is 0 Å². The minimum absolute atomic E-state index is 0.0629. The third kappa shape index (κ3) is 2.58. The lowest BCUT2D eigenvalue weighted by Gasteiger charge is -2.07. The van der Waals surface area contributed by atoms with Crippen molar-refractivity contribution in [2.24, 2.45) is 7.05 Å². The van der Waals surface area contributed by atoms with Crippen LogP contribution >= 0.6 is 0 Å². The summed E-state index contributed by atoms with van der Waals surface area (Å²) in [5, 5.41) is 0. The molecule has 1 aromatic carbocycles. The van der Waals surface area contributed by atoms with Gasteiger partial charge in [-0.05, 0) is 36.2 Å². The first-order valence-corrected chi connectivity index (χ1v) is 6.89. The number of hydrogen-bond acceptors (Lipinski definition) is 1. The van der Waals surface area contributed by atoms with Crippen LogP contribution in [0, 0.1) is 0 Å². The maximum atomic E-state index is 12.5. The summed E-state index contributed by atoms with van der Waals surface area (Å²) in [4.78, 5) is 0. The summed E-state index contributed by atoms with van der Waals surface area (Å²) in [5.74, 6) is 0. The Bertz CT molecular complexity index is 643. The third-order valence-electron chi connectivity index (χ3n) is 3.98. The summed E-state index contributed by atoms with van der Waals surface area (Å²) in [6.45, 7) is 2.08. The fraction of sp³-hybridized carbons (Fsp3) is 0.375. The Morgan fingerprint density at radius 2 is 1.71 bits per heavy atom. The van der Waals surface area contributed by atoms with Crippen molar-refractivity contribution in [3.63, 3.8) is 0 Å². The van der Waals surface area contributed by atoms with Crippen molar-refractivity contribution >= 4 is 0 Å². The van der Waals surface area contributed by atoms with Gasteiger partial charge < -0.3 is 9.30 Å². The molecule has 2 aromatic rings. The number of halogens is 3. The maximum Gasteiger partial charge on any atom is 0.416 e. The van der Waals surface area contributed by atoms with E-state index in [-0.39, 0.29) is 12.2 Å². The molecule has 1 aliphatic rings. The van der Waals surface area contributed by atoms with Crippen LogP contribution in [0.2, 0.25) is 0 Å². The number of rotatable bonds is 3. The Labute approximate surface area is 121 Å². The van der Waals surface area contributed by atoms with Crippen molar-refractivity contribution in [1.82, 2.24) is 4.57 Å².